The van der Waals surface area contributed by atoms with Crippen molar-refractivity contribution in [2.24, 2.45) is 17.8 Å². The number of aliphatic carboxylic acids is 1. The number of amides is 1. The van der Waals surface area contributed by atoms with Crippen LogP contribution in [-0.2, 0) is 4.79 Å². The molecule has 0 spiro atoms. The highest BCUT2D eigenvalue weighted by Crippen LogP contribution is 2.44. The Labute approximate surface area is 146 Å². The molecule has 0 radical (unpaired) electrons. The number of carbonyl (C=O) groups is 2. The van der Waals surface area contributed by atoms with E-state index in [1.54, 1.807) is 4.90 Å². The van der Waals surface area contributed by atoms with Gasteiger partial charge in [0.05, 0.1) is 5.92 Å². The van der Waals surface area contributed by atoms with Crippen molar-refractivity contribution in [2.45, 2.75) is 33.6 Å². The van der Waals surface area contributed by atoms with Gasteiger partial charge in [-0.25, -0.2) is 0 Å². The van der Waals surface area contributed by atoms with Crippen LogP contribution in [0.15, 0.2) is 16.5 Å². The first-order chi connectivity index (χ1) is 11.9. The monoisotopic (exact) mass is 341 g/mol. The maximum Gasteiger partial charge on any atom is 0.308 e. The van der Waals surface area contributed by atoms with Crippen LogP contribution in [0.25, 0.3) is 11.0 Å². The third-order valence-corrected chi connectivity index (χ3v) is 5.87. The number of furan rings is 1. The lowest BCUT2D eigenvalue weighted by molar-refractivity contribution is -0.142. The molecule has 0 bridgehead atoms. The molecule has 2 fully saturated rings. The highest BCUT2D eigenvalue weighted by Gasteiger charge is 2.47. The van der Waals surface area contributed by atoms with Crippen molar-refractivity contribution >= 4 is 22.8 Å². The van der Waals surface area contributed by atoms with Gasteiger partial charge in [-0.3, -0.25) is 9.59 Å². The van der Waals surface area contributed by atoms with Gasteiger partial charge in [-0.05, 0) is 56.6 Å². The van der Waals surface area contributed by atoms with Gasteiger partial charge in [-0.15, -0.1) is 0 Å². The van der Waals surface area contributed by atoms with Gasteiger partial charge in [-0.1, -0.05) is 12.1 Å². The fourth-order valence-corrected chi connectivity index (χ4v) is 4.28. The molecule has 5 heteroatoms. The summed E-state index contributed by atoms with van der Waals surface area (Å²) in [6.07, 6.45) is 2.16. The number of rotatable bonds is 3. The molecule has 1 saturated carbocycles. The first-order valence-electron chi connectivity index (χ1n) is 8.90. The Kier molecular flexibility index (Phi) is 3.63. The molecule has 1 N–H and O–H groups in total. The number of carboxylic acid groups (broad SMARTS) is 1. The Hall–Kier alpha value is -2.30. The standard InChI is InChI=1S/C20H23NO4/c1-10-4-5-11(2)17-16(10)12(3)18(25-17)19(22)21-8-14(13-6-7-13)15(9-21)20(23)24/h4-5,13-15H,6-9H2,1-3H3,(H,23,24)/t14-,15+/m1/s1. The van der Waals surface area contributed by atoms with Gasteiger partial charge in [0.25, 0.3) is 5.91 Å². The van der Waals surface area contributed by atoms with Gasteiger partial charge in [0.1, 0.15) is 5.58 Å². The van der Waals surface area contributed by atoms with Crippen LogP contribution < -0.4 is 0 Å². The molecule has 25 heavy (non-hydrogen) atoms. The zero-order chi connectivity index (χ0) is 17.9. The number of aryl methyl sites for hydroxylation is 3. The number of carboxylic acids is 1. The van der Waals surface area contributed by atoms with E-state index in [2.05, 4.69) is 0 Å². The molecule has 132 valence electrons. The smallest absolute Gasteiger partial charge is 0.308 e. The summed E-state index contributed by atoms with van der Waals surface area (Å²) in [7, 11) is 0. The van der Waals surface area contributed by atoms with Gasteiger partial charge in [0.15, 0.2) is 5.76 Å². The van der Waals surface area contributed by atoms with Crippen LogP contribution in [0.1, 0.15) is 40.1 Å². The summed E-state index contributed by atoms with van der Waals surface area (Å²) in [5, 5.41) is 10.5. The molecule has 5 nitrogen and oxygen atoms in total. The van der Waals surface area contributed by atoms with Crippen LogP contribution in [0.3, 0.4) is 0 Å². The summed E-state index contributed by atoms with van der Waals surface area (Å²) in [6.45, 7) is 6.70. The van der Waals surface area contributed by atoms with E-state index in [0.717, 1.165) is 40.5 Å². The van der Waals surface area contributed by atoms with Gasteiger partial charge >= 0.3 is 5.97 Å². The number of likely N-dealkylation sites (tertiary alicyclic amines) is 1. The number of benzene rings is 1. The van der Waals surface area contributed by atoms with Crippen molar-refractivity contribution in [3.63, 3.8) is 0 Å². The summed E-state index contributed by atoms with van der Waals surface area (Å²) < 4.78 is 5.95. The average molecular weight is 341 g/mol. The average Bonchev–Trinajstić information content (AvgIpc) is 3.21. The van der Waals surface area contributed by atoms with Gasteiger partial charge < -0.3 is 14.4 Å². The Morgan fingerprint density at radius 1 is 1.12 bits per heavy atom. The van der Waals surface area contributed by atoms with E-state index in [0.29, 0.717) is 18.2 Å². The molecule has 2 heterocycles. The highest BCUT2D eigenvalue weighted by atomic mass is 16.4. The number of hydrogen-bond acceptors (Lipinski definition) is 3. The zero-order valence-electron chi connectivity index (χ0n) is 14.8. The van der Waals surface area contributed by atoms with Crippen LogP contribution in [0, 0.1) is 38.5 Å². The maximum atomic E-state index is 13.1. The zero-order valence-corrected chi connectivity index (χ0v) is 14.8. The lowest BCUT2D eigenvalue weighted by Crippen LogP contribution is -2.30. The Bertz CT molecular complexity index is 877. The van der Waals surface area contributed by atoms with Crippen molar-refractivity contribution in [2.75, 3.05) is 13.1 Å². The predicted octanol–water partition coefficient (Wildman–Crippen LogP) is 3.54. The second-order valence-corrected chi connectivity index (χ2v) is 7.62. The fourth-order valence-electron chi connectivity index (χ4n) is 4.28. The first-order valence-corrected chi connectivity index (χ1v) is 8.90. The summed E-state index contributed by atoms with van der Waals surface area (Å²) >= 11 is 0. The molecule has 4 rings (SSSR count). The largest absolute Gasteiger partial charge is 0.481 e. The molecule has 1 aliphatic heterocycles. The van der Waals surface area contributed by atoms with Crippen molar-refractivity contribution in [3.05, 3.63) is 34.6 Å². The van der Waals surface area contributed by atoms with E-state index < -0.39 is 11.9 Å². The summed E-state index contributed by atoms with van der Waals surface area (Å²) in [5.74, 6) is -0.533. The second-order valence-electron chi connectivity index (χ2n) is 7.62. The number of nitrogens with zero attached hydrogens (tertiary/aromatic N) is 1. The third kappa shape index (κ3) is 2.53. The fraction of sp³-hybridized carbons (Fsp3) is 0.500. The van der Waals surface area contributed by atoms with Crippen LogP contribution in [-0.4, -0.2) is 35.0 Å². The normalized spacial score (nSPS) is 23.4. The molecular formula is C20H23NO4. The van der Waals surface area contributed by atoms with Crippen molar-refractivity contribution in [1.29, 1.82) is 0 Å². The van der Waals surface area contributed by atoms with Gasteiger partial charge in [0, 0.05) is 24.0 Å². The predicted molar refractivity (Wildman–Crippen MR) is 93.7 cm³/mol. The van der Waals surface area contributed by atoms with E-state index in [1.165, 1.54) is 0 Å². The minimum atomic E-state index is -0.791. The second kappa shape index (κ2) is 5.61. The van der Waals surface area contributed by atoms with Crippen molar-refractivity contribution in [1.82, 2.24) is 4.90 Å². The number of fused-ring (bicyclic) bond motifs is 1. The van der Waals surface area contributed by atoms with E-state index in [1.807, 2.05) is 32.9 Å². The molecule has 2 aromatic rings. The van der Waals surface area contributed by atoms with E-state index >= 15 is 0 Å². The molecular weight excluding hydrogens is 318 g/mol. The van der Waals surface area contributed by atoms with E-state index in [-0.39, 0.29) is 18.4 Å². The topological polar surface area (TPSA) is 70.8 Å². The SMILES string of the molecule is Cc1ccc(C)c2c(C)c(C(=O)N3C[C@H](C(=O)O)[C@@H](C4CC4)C3)oc12. The molecule has 1 saturated heterocycles. The number of hydrogen-bond donors (Lipinski definition) is 1. The lowest BCUT2D eigenvalue weighted by atomic mass is 9.92. The van der Waals surface area contributed by atoms with Crippen molar-refractivity contribution in [3.8, 4) is 0 Å². The summed E-state index contributed by atoms with van der Waals surface area (Å²) in [5.41, 5.74) is 3.70. The minimum Gasteiger partial charge on any atom is -0.481 e. The van der Waals surface area contributed by atoms with Crippen LogP contribution >= 0.6 is 0 Å². The highest BCUT2D eigenvalue weighted by molar-refractivity contribution is 6.00. The summed E-state index contributed by atoms with van der Waals surface area (Å²) in [6, 6.07) is 4.03. The van der Waals surface area contributed by atoms with Crippen molar-refractivity contribution < 1.29 is 19.1 Å². The lowest BCUT2D eigenvalue weighted by Gasteiger charge is -2.15. The molecule has 1 aromatic heterocycles. The maximum absolute atomic E-state index is 13.1. The quantitative estimate of drug-likeness (QED) is 0.927. The van der Waals surface area contributed by atoms with Gasteiger partial charge in [0.2, 0.25) is 0 Å². The molecule has 2 atom stereocenters. The summed E-state index contributed by atoms with van der Waals surface area (Å²) in [4.78, 5) is 26.3. The van der Waals surface area contributed by atoms with E-state index in [4.69, 9.17) is 4.42 Å². The third-order valence-electron chi connectivity index (χ3n) is 5.87. The molecule has 0 unspecified atom stereocenters. The van der Waals surface area contributed by atoms with Crippen LogP contribution in [0.4, 0.5) is 0 Å². The van der Waals surface area contributed by atoms with Crippen LogP contribution in [0.2, 0.25) is 0 Å². The van der Waals surface area contributed by atoms with Gasteiger partial charge in [-0.2, -0.15) is 0 Å². The molecule has 1 aliphatic carbocycles. The molecule has 1 aromatic carbocycles. The minimum absolute atomic E-state index is 0.0783. The number of carbonyl (C=O) groups excluding carboxylic acids is 1. The Morgan fingerprint density at radius 3 is 2.40 bits per heavy atom. The molecule has 2 aliphatic rings. The van der Waals surface area contributed by atoms with E-state index in [9.17, 15) is 14.7 Å². The Morgan fingerprint density at radius 2 is 1.80 bits per heavy atom. The Balaban J connectivity index is 1.69. The first kappa shape index (κ1) is 16.2. The molecule has 1 amide bonds. The van der Waals surface area contributed by atoms with Crippen LogP contribution in [0.5, 0.6) is 0 Å².